The summed E-state index contributed by atoms with van der Waals surface area (Å²) in [7, 11) is 0. The third-order valence-corrected chi connectivity index (χ3v) is 5.11. The number of para-hydroxylation sites is 2. The zero-order valence-corrected chi connectivity index (χ0v) is 13.7. The minimum atomic E-state index is 0.0777. The number of hydrogen-bond acceptors (Lipinski definition) is 4. The number of phenolic OH excluding ortho intramolecular Hbond substituents is 1. The van der Waals surface area contributed by atoms with Gasteiger partial charge in [0.05, 0.1) is 15.0 Å². The van der Waals surface area contributed by atoms with Crippen molar-refractivity contribution in [1.29, 1.82) is 0 Å². The van der Waals surface area contributed by atoms with Crippen LogP contribution in [0, 0.1) is 0 Å². The predicted octanol–water partition coefficient (Wildman–Crippen LogP) is 3.18. The van der Waals surface area contributed by atoms with Gasteiger partial charge in [0, 0.05) is 31.6 Å². The first-order valence-corrected chi connectivity index (χ1v) is 8.38. The highest BCUT2D eigenvalue weighted by Crippen LogP contribution is 2.28. The summed E-state index contributed by atoms with van der Waals surface area (Å²) < 4.78 is 0.971. The average Bonchev–Trinajstić information content (AvgIpc) is 2.94. The molecule has 0 aliphatic carbocycles. The average molecular weight is 367 g/mol. The van der Waals surface area contributed by atoms with Crippen molar-refractivity contribution in [1.82, 2.24) is 4.90 Å². The summed E-state index contributed by atoms with van der Waals surface area (Å²) in [5, 5.41) is 11.8. The van der Waals surface area contributed by atoms with Crippen LogP contribution in [0.2, 0.25) is 0 Å². The number of hydrogen-bond donors (Lipinski definition) is 1. The van der Waals surface area contributed by atoms with Crippen molar-refractivity contribution in [2.75, 3.05) is 31.1 Å². The van der Waals surface area contributed by atoms with Crippen molar-refractivity contribution >= 4 is 38.9 Å². The maximum atomic E-state index is 12.4. The Bertz CT molecular complexity index is 651. The second-order valence-electron chi connectivity index (χ2n) is 4.91. The molecular formula is C15H15BrN2O2S. The van der Waals surface area contributed by atoms with Crippen LogP contribution < -0.4 is 4.90 Å². The molecule has 1 saturated heterocycles. The molecule has 6 heteroatoms. The number of halogens is 1. The van der Waals surface area contributed by atoms with Crippen LogP contribution in [0.4, 0.5) is 5.69 Å². The Morgan fingerprint density at radius 2 is 1.90 bits per heavy atom. The first kappa shape index (κ1) is 14.4. The van der Waals surface area contributed by atoms with Gasteiger partial charge in [-0.2, -0.15) is 0 Å². The van der Waals surface area contributed by atoms with E-state index in [0.29, 0.717) is 18.8 Å². The SMILES string of the molecule is O=C(c1csc(Br)c1)N1CCN(c2ccccc2O)CC1. The van der Waals surface area contributed by atoms with Gasteiger partial charge in [0.1, 0.15) is 5.75 Å². The number of amides is 1. The Labute approximate surface area is 135 Å². The highest BCUT2D eigenvalue weighted by Gasteiger charge is 2.23. The quantitative estimate of drug-likeness (QED) is 0.887. The maximum Gasteiger partial charge on any atom is 0.254 e. The largest absolute Gasteiger partial charge is 0.506 e. The van der Waals surface area contributed by atoms with Crippen LogP contribution in [0.3, 0.4) is 0 Å². The van der Waals surface area contributed by atoms with Crippen molar-refractivity contribution in [3.05, 3.63) is 45.1 Å². The number of anilines is 1. The highest BCUT2D eigenvalue weighted by molar-refractivity contribution is 9.11. The number of phenols is 1. The van der Waals surface area contributed by atoms with E-state index in [9.17, 15) is 9.90 Å². The Balaban J connectivity index is 1.65. The number of benzene rings is 1. The predicted molar refractivity (Wildman–Crippen MR) is 88.2 cm³/mol. The standard InChI is InChI=1S/C15H15BrN2O2S/c16-14-9-11(10-21-14)15(20)18-7-5-17(6-8-18)12-3-1-2-4-13(12)19/h1-4,9-10,19H,5-8H2. The first-order valence-electron chi connectivity index (χ1n) is 6.71. The fourth-order valence-corrected chi connectivity index (χ4v) is 3.62. The fourth-order valence-electron chi connectivity index (χ4n) is 2.49. The van der Waals surface area contributed by atoms with Crippen molar-refractivity contribution in [2.45, 2.75) is 0 Å². The lowest BCUT2D eigenvalue weighted by Crippen LogP contribution is -2.48. The number of nitrogens with zero attached hydrogens (tertiary/aromatic N) is 2. The minimum Gasteiger partial charge on any atom is -0.506 e. The summed E-state index contributed by atoms with van der Waals surface area (Å²) in [6, 6.07) is 9.18. The van der Waals surface area contributed by atoms with Gasteiger partial charge in [-0.1, -0.05) is 12.1 Å². The van der Waals surface area contributed by atoms with Crippen LogP contribution in [0.1, 0.15) is 10.4 Å². The summed E-state index contributed by atoms with van der Waals surface area (Å²) in [5.74, 6) is 0.368. The molecule has 4 nitrogen and oxygen atoms in total. The zero-order valence-electron chi connectivity index (χ0n) is 11.3. The van der Waals surface area contributed by atoms with E-state index in [0.717, 1.165) is 28.1 Å². The Hall–Kier alpha value is -1.53. The van der Waals surface area contributed by atoms with E-state index in [1.54, 1.807) is 6.07 Å². The van der Waals surface area contributed by atoms with E-state index < -0.39 is 0 Å². The molecule has 0 atom stereocenters. The third kappa shape index (κ3) is 3.06. The fraction of sp³-hybridized carbons (Fsp3) is 0.267. The Morgan fingerprint density at radius 3 is 2.52 bits per heavy atom. The first-order chi connectivity index (χ1) is 10.1. The third-order valence-electron chi connectivity index (χ3n) is 3.60. The topological polar surface area (TPSA) is 43.8 Å². The molecule has 1 aromatic heterocycles. The summed E-state index contributed by atoms with van der Waals surface area (Å²) in [5.41, 5.74) is 1.57. The zero-order chi connectivity index (χ0) is 14.8. The number of carbonyl (C=O) groups is 1. The van der Waals surface area contributed by atoms with Crippen molar-refractivity contribution < 1.29 is 9.90 Å². The molecule has 2 heterocycles. The van der Waals surface area contributed by atoms with Crippen LogP contribution in [0.25, 0.3) is 0 Å². The van der Waals surface area contributed by atoms with Crippen LogP contribution in [-0.4, -0.2) is 42.1 Å². The number of thiophene rings is 1. The van der Waals surface area contributed by atoms with Gasteiger partial charge in [-0.15, -0.1) is 11.3 Å². The van der Waals surface area contributed by atoms with E-state index in [4.69, 9.17) is 0 Å². The van der Waals surface area contributed by atoms with E-state index in [-0.39, 0.29) is 5.91 Å². The number of carbonyl (C=O) groups excluding carboxylic acids is 1. The number of rotatable bonds is 2. The summed E-state index contributed by atoms with van der Waals surface area (Å²) >= 11 is 4.91. The number of aromatic hydroxyl groups is 1. The Kier molecular flexibility index (Phi) is 4.17. The van der Waals surface area contributed by atoms with Crippen molar-refractivity contribution in [3.63, 3.8) is 0 Å². The monoisotopic (exact) mass is 366 g/mol. The molecular weight excluding hydrogens is 352 g/mol. The van der Waals surface area contributed by atoms with Gasteiger partial charge in [0.25, 0.3) is 5.91 Å². The lowest BCUT2D eigenvalue weighted by Gasteiger charge is -2.36. The molecule has 110 valence electrons. The van der Waals surface area contributed by atoms with Crippen molar-refractivity contribution in [3.8, 4) is 5.75 Å². The van der Waals surface area contributed by atoms with Crippen molar-refractivity contribution in [2.24, 2.45) is 0 Å². The van der Waals surface area contributed by atoms with E-state index in [1.807, 2.05) is 34.5 Å². The van der Waals surface area contributed by atoms with Crippen LogP contribution in [0.15, 0.2) is 39.5 Å². The van der Waals surface area contributed by atoms with Gasteiger partial charge in [-0.25, -0.2) is 0 Å². The van der Waals surface area contributed by atoms with E-state index in [1.165, 1.54) is 11.3 Å². The molecule has 0 saturated carbocycles. The summed E-state index contributed by atoms with van der Waals surface area (Å²) in [4.78, 5) is 16.3. The van der Waals surface area contributed by atoms with Gasteiger partial charge in [-0.05, 0) is 34.1 Å². The number of piperazine rings is 1. The molecule has 21 heavy (non-hydrogen) atoms. The second kappa shape index (κ2) is 6.07. The van der Waals surface area contributed by atoms with E-state index >= 15 is 0 Å². The Morgan fingerprint density at radius 1 is 1.19 bits per heavy atom. The van der Waals surface area contributed by atoms with Gasteiger partial charge >= 0.3 is 0 Å². The van der Waals surface area contributed by atoms with E-state index in [2.05, 4.69) is 20.8 Å². The molecule has 3 rings (SSSR count). The molecule has 1 aliphatic heterocycles. The summed E-state index contributed by atoms with van der Waals surface area (Å²) in [6.07, 6.45) is 0. The molecule has 0 unspecified atom stereocenters. The molecule has 1 fully saturated rings. The smallest absolute Gasteiger partial charge is 0.254 e. The van der Waals surface area contributed by atoms with Crippen LogP contribution >= 0.6 is 27.3 Å². The van der Waals surface area contributed by atoms with Gasteiger partial charge in [0.15, 0.2) is 0 Å². The molecule has 1 N–H and O–H groups in total. The maximum absolute atomic E-state index is 12.4. The molecule has 0 bridgehead atoms. The molecule has 1 amide bonds. The molecule has 0 spiro atoms. The molecule has 1 aliphatic rings. The van der Waals surface area contributed by atoms with Crippen LogP contribution in [0.5, 0.6) is 5.75 Å². The lowest BCUT2D eigenvalue weighted by atomic mass is 10.2. The molecule has 1 aromatic carbocycles. The highest BCUT2D eigenvalue weighted by atomic mass is 79.9. The van der Waals surface area contributed by atoms with Gasteiger partial charge < -0.3 is 14.9 Å². The summed E-state index contributed by atoms with van der Waals surface area (Å²) in [6.45, 7) is 2.80. The molecule has 2 aromatic rings. The second-order valence-corrected chi connectivity index (χ2v) is 7.20. The molecule has 0 radical (unpaired) electrons. The minimum absolute atomic E-state index is 0.0777. The van der Waals surface area contributed by atoms with Gasteiger partial charge in [0.2, 0.25) is 0 Å². The lowest BCUT2D eigenvalue weighted by molar-refractivity contribution is 0.0747. The van der Waals surface area contributed by atoms with Crippen LogP contribution in [-0.2, 0) is 0 Å². The van der Waals surface area contributed by atoms with Gasteiger partial charge in [-0.3, -0.25) is 4.79 Å². The normalized spacial score (nSPS) is 15.3.